The highest BCUT2D eigenvalue weighted by Gasteiger charge is 2.16. The molecule has 0 aromatic rings. The zero-order chi connectivity index (χ0) is 10.4. The number of nitrogens with zero attached hydrogens (tertiary/aromatic N) is 1. The molecule has 2 atom stereocenters. The lowest BCUT2D eigenvalue weighted by atomic mass is 10.1. The predicted molar refractivity (Wildman–Crippen MR) is 50.8 cm³/mol. The van der Waals surface area contributed by atoms with Crippen molar-refractivity contribution in [1.29, 1.82) is 0 Å². The second-order valence-corrected chi connectivity index (χ2v) is 3.48. The lowest BCUT2D eigenvalue weighted by Gasteiger charge is -2.25. The molecule has 0 radical (unpaired) electrons. The van der Waals surface area contributed by atoms with Crippen LogP contribution in [0.1, 0.15) is 13.8 Å². The normalized spacial score (nSPS) is 15.8. The molecule has 0 amide bonds. The second kappa shape index (κ2) is 5.94. The van der Waals surface area contributed by atoms with Crippen molar-refractivity contribution in [3.05, 3.63) is 0 Å². The highest BCUT2D eigenvalue weighted by Crippen LogP contribution is 2.02. The summed E-state index contributed by atoms with van der Waals surface area (Å²) in [6, 6.07) is 0.256. The van der Waals surface area contributed by atoms with Crippen LogP contribution in [0.3, 0.4) is 0 Å². The van der Waals surface area contributed by atoms with Crippen molar-refractivity contribution < 1.29 is 14.6 Å². The van der Waals surface area contributed by atoms with Crippen LogP contribution < -0.4 is 0 Å². The van der Waals surface area contributed by atoms with Gasteiger partial charge in [0.15, 0.2) is 0 Å². The Morgan fingerprint density at radius 3 is 2.46 bits per heavy atom. The van der Waals surface area contributed by atoms with Crippen molar-refractivity contribution in [2.75, 3.05) is 27.3 Å². The van der Waals surface area contributed by atoms with Gasteiger partial charge in [-0.15, -0.1) is 0 Å². The van der Waals surface area contributed by atoms with Gasteiger partial charge in [-0.3, -0.25) is 4.79 Å². The van der Waals surface area contributed by atoms with Gasteiger partial charge in [0.05, 0.1) is 12.5 Å². The Bertz CT molecular complexity index is 161. The lowest BCUT2D eigenvalue weighted by Crippen LogP contribution is -2.37. The number of hydrogen-bond donors (Lipinski definition) is 1. The molecule has 0 aliphatic carbocycles. The molecule has 4 heteroatoms. The molecule has 0 heterocycles. The van der Waals surface area contributed by atoms with Gasteiger partial charge in [0.2, 0.25) is 0 Å². The van der Waals surface area contributed by atoms with E-state index in [-0.39, 0.29) is 12.0 Å². The molecular formula is C9H19NO3. The Kier molecular flexibility index (Phi) is 5.66. The number of rotatable bonds is 6. The van der Waals surface area contributed by atoms with Gasteiger partial charge in [-0.05, 0) is 14.0 Å². The minimum atomic E-state index is -0.753. The number of methoxy groups -OCH3 is 1. The van der Waals surface area contributed by atoms with E-state index in [0.717, 1.165) is 0 Å². The van der Waals surface area contributed by atoms with E-state index in [1.54, 1.807) is 14.0 Å². The van der Waals surface area contributed by atoms with Crippen LogP contribution in [0.2, 0.25) is 0 Å². The van der Waals surface area contributed by atoms with E-state index in [2.05, 4.69) is 0 Å². The van der Waals surface area contributed by atoms with Crippen LogP contribution in [0.4, 0.5) is 0 Å². The smallest absolute Gasteiger partial charge is 0.307 e. The molecular weight excluding hydrogens is 170 g/mol. The van der Waals surface area contributed by atoms with Crippen molar-refractivity contribution in [3.63, 3.8) is 0 Å². The molecule has 0 fully saturated rings. The average Bonchev–Trinajstić information content (AvgIpc) is 2.04. The summed E-state index contributed by atoms with van der Waals surface area (Å²) in [7, 11) is 3.55. The molecule has 0 aromatic heterocycles. The summed E-state index contributed by atoms with van der Waals surface area (Å²) >= 11 is 0. The molecule has 2 unspecified atom stereocenters. The molecule has 0 aliphatic heterocycles. The molecule has 0 saturated heterocycles. The topological polar surface area (TPSA) is 49.8 Å². The largest absolute Gasteiger partial charge is 0.481 e. The highest BCUT2D eigenvalue weighted by atomic mass is 16.5. The zero-order valence-electron chi connectivity index (χ0n) is 8.78. The van der Waals surface area contributed by atoms with Crippen LogP contribution >= 0.6 is 0 Å². The third-order valence-electron chi connectivity index (χ3n) is 2.14. The summed E-state index contributed by atoms with van der Waals surface area (Å²) in [5, 5.41) is 8.68. The summed E-state index contributed by atoms with van der Waals surface area (Å²) in [6.45, 7) is 4.90. The van der Waals surface area contributed by atoms with Gasteiger partial charge in [0.1, 0.15) is 0 Å². The van der Waals surface area contributed by atoms with Crippen LogP contribution in [0, 0.1) is 5.92 Å². The monoisotopic (exact) mass is 189 g/mol. The number of carboxylic acid groups (broad SMARTS) is 1. The number of carboxylic acids is 1. The van der Waals surface area contributed by atoms with Gasteiger partial charge in [-0.2, -0.15) is 0 Å². The molecule has 0 aliphatic rings. The van der Waals surface area contributed by atoms with E-state index in [1.165, 1.54) is 0 Å². The maximum absolute atomic E-state index is 10.6. The first-order chi connectivity index (χ1) is 5.99. The van der Waals surface area contributed by atoms with Gasteiger partial charge in [0, 0.05) is 19.7 Å². The maximum atomic E-state index is 10.6. The molecule has 0 aromatic carbocycles. The molecule has 0 bridgehead atoms. The molecule has 0 rings (SSSR count). The van der Waals surface area contributed by atoms with E-state index in [9.17, 15) is 4.79 Å². The van der Waals surface area contributed by atoms with E-state index in [1.807, 2.05) is 18.9 Å². The van der Waals surface area contributed by atoms with E-state index in [0.29, 0.717) is 13.2 Å². The molecule has 13 heavy (non-hydrogen) atoms. The first kappa shape index (κ1) is 12.4. The number of hydrogen-bond acceptors (Lipinski definition) is 3. The summed E-state index contributed by atoms with van der Waals surface area (Å²) < 4.78 is 4.98. The predicted octanol–water partition coefficient (Wildman–Crippen LogP) is 0.674. The minimum Gasteiger partial charge on any atom is -0.481 e. The van der Waals surface area contributed by atoms with E-state index < -0.39 is 5.97 Å². The summed E-state index contributed by atoms with van der Waals surface area (Å²) in [5.41, 5.74) is 0. The average molecular weight is 189 g/mol. The molecule has 78 valence electrons. The Morgan fingerprint density at radius 1 is 1.54 bits per heavy atom. The third-order valence-corrected chi connectivity index (χ3v) is 2.14. The minimum absolute atomic E-state index is 0.256. The molecule has 1 N–H and O–H groups in total. The van der Waals surface area contributed by atoms with Crippen LogP contribution in [0.5, 0.6) is 0 Å². The first-order valence-electron chi connectivity index (χ1n) is 4.41. The Labute approximate surface area is 79.5 Å². The van der Waals surface area contributed by atoms with Crippen molar-refractivity contribution in [2.24, 2.45) is 5.92 Å². The fourth-order valence-electron chi connectivity index (χ4n) is 1.06. The Hall–Kier alpha value is -0.610. The fraction of sp³-hybridized carbons (Fsp3) is 0.889. The van der Waals surface area contributed by atoms with Gasteiger partial charge < -0.3 is 14.7 Å². The van der Waals surface area contributed by atoms with Crippen LogP contribution in [-0.4, -0.2) is 49.3 Å². The summed E-state index contributed by atoms with van der Waals surface area (Å²) in [4.78, 5) is 12.5. The standard InChI is InChI=1S/C9H19NO3/c1-7(9(11)12)5-10(3)8(2)6-13-4/h7-8H,5-6H2,1-4H3,(H,11,12). The molecule has 0 saturated carbocycles. The van der Waals surface area contributed by atoms with Gasteiger partial charge in [-0.25, -0.2) is 0 Å². The lowest BCUT2D eigenvalue weighted by molar-refractivity contribution is -0.141. The Morgan fingerprint density at radius 2 is 2.08 bits per heavy atom. The quantitative estimate of drug-likeness (QED) is 0.667. The van der Waals surface area contributed by atoms with Gasteiger partial charge >= 0.3 is 5.97 Å². The van der Waals surface area contributed by atoms with Gasteiger partial charge in [0.25, 0.3) is 0 Å². The first-order valence-corrected chi connectivity index (χ1v) is 4.41. The second-order valence-electron chi connectivity index (χ2n) is 3.48. The fourth-order valence-corrected chi connectivity index (χ4v) is 1.06. The van der Waals surface area contributed by atoms with Crippen LogP contribution in [-0.2, 0) is 9.53 Å². The van der Waals surface area contributed by atoms with E-state index >= 15 is 0 Å². The molecule has 4 nitrogen and oxygen atoms in total. The number of ether oxygens (including phenoxy) is 1. The van der Waals surface area contributed by atoms with Crippen LogP contribution in [0.15, 0.2) is 0 Å². The summed E-state index contributed by atoms with van der Waals surface area (Å²) in [5.74, 6) is -1.08. The van der Waals surface area contributed by atoms with E-state index in [4.69, 9.17) is 9.84 Å². The van der Waals surface area contributed by atoms with Crippen molar-refractivity contribution in [1.82, 2.24) is 4.90 Å². The molecule has 0 spiro atoms. The zero-order valence-corrected chi connectivity index (χ0v) is 8.78. The highest BCUT2D eigenvalue weighted by molar-refractivity contribution is 5.69. The van der Waals surface area contributed by atoms with Gasteiger partial charge in [-0.1, -0.05) is 6.92 Å². The number of aliphatic carboxylic acids is 1. The number of likely N-dealkylation sites (N-methyl/N-ethyl adjacent to an activating group) is 1. The Balaban J connectivity index is 3.84. The number of carbonyl (C=O) groups is 1. The summed E-state index contributed by atoms with van der Waals surface area (Å²) in [6.07, 6.45) is 0. The van der Waals surface area contributed by atoms with Crippen molar-refractivity contribution >= 4 is 5.97 Å². The maximum Gasteiger partial charge on any atom is 0.307 e. The van der Waals surface area contributed by atoms with Crippen molar-refractivity contribution in [3.8, 4) is 0 Å². The van der Waals surface area contributed by atoms with Crippen LogP contribution in [0.25, 0.3) is 0 Å². The SMILES string of the molecule is COCC(C)N(C)CC(C)C(=O)O. The third kappa shape index (κ3) is 4.85. The van der Waals surface area contributed by atoms with Crippen molar-refractivity contribution in [2.45, 2.75) is 19.9 Å².